The first-order valence-electron chi connectivity index (χ1n) is 9.45. The SMILES string of the molecule is C[C@H]1CCCN(CCNC(=O)C2(c3cccc(F)c3)CCOCC2)C1. The Morgan fingerprint density at radius 3 is 2.92 bits per heavy atom. The molecule has 0 unspecified atom stereocenters. The summed E-state index contributed by atoms with van der Waals surface area (Å²) in [6, 6.07) is 6.47. The van der Waals surface area contributed by atoms with Crippen molar-refractivity contribution >= 4 is 5.91 Å². The zero-order valence-corrected chi connectivity index (χ0v) is 15.1. The van der Waals surface area contributed by atoms with E-state index < -0.39 is 5.41 Å². The standard InChI is InChI=1S/C20H29FN2O2/c1-16-4-3-10-23(15-16)11-9-22-19(24)20(7-12-25-13-8-20)17-5-2-6-18(21)14-17/h2,5-6,14,16H,3-4,7-13,15H2,1H3,(H,22,24)/t16-/m0/s1. The van der Waals surface area contributed by atoms with Crippen molar-refractivity contribution in [2.45, 2.75) is 38.0 Å². The molecule has 0 spiro atoms. The van der Waals surface area contributed by atoms with Crippen LogP contribution in [0.1, 0.15) is 38.2 Å². The molecule has 5 heteroatoms. The average Bonchev–Trinajstić information content (AvgIpc) is 2.62. The van der Waals surface area contributed by atoms with Crippen molar-refractivity contribution in [2.75, 3.05) is 39.4 Å². The molecule has 2 saturated heterocycles. The molecule has 2 aliphatic rings. The van der Waals surface area contributed by atoms with Gasteiger partial charge in [0, 0.05) is 32.8 Å². The number of benzene rings is 1. The van der Waals surface area contributed by atoms with Crippen LogP contribution in [-0.2, 0) is 14.9 Å². The highest BCUT2D eigenvalue weighted by Crippen LogP contribution is 2.35. The van der Waals surface area contributed by atoms with E-state index in [9.17, 15) is 9.18 Å². The minimum Gasteiger partial charge on any atom is -0.381 e. The van der Waals surface area contributed by atoms with Crippen LogP contribution in [-0.4, -0.2) is 50.2 Å². The van der Waals surface area contributed by atoms with Gasteiger partial charge in [-0.3, -0.25) is 4.79 Å². The zero-order valence-electron chi connectivity index (χ0n) is 15.1. The number of carbonyl (C=O) groups is 1. The van der Waals surface area contributed by atoms with E-state index in [1.165, 1.54) is 25.0 Å². The number of likely N-dealkylation sites (tertiary alicyclic amines) is 1. The van der Waals surface area contributed by atoms with Crippen molar-refractivity contribution in [3.05, 3.63) is 35.6 Å². The van der Waals surface area contributed by atoms with Gasteiger partial charge < -0.3 is 15.0 Å². The highest BCUT2D eigenvalue weighted by Gasteiger charge is 2.41. The fourth-order valence-electron chi connectivity index (χ4n) is 4.14. The van der Waals surface area contributed by atoms with Crippen molar-refractivity contribution in [3.8, 4) is 0 Å². The third-order valence-electron chi connectivity index (χ3n) is 5.61. The second-order valence-corrected chi connectivity index (χ2v) is 7.51. The highest BCUT2D eigenvalue weighted by molar-refractivity contribution is 5.88. The van der Waals surface area contributed by atoms with E-state index in [1.807, 2.05) is 6.07 Å². The molecule has 0 saturated carbocycles. The number of amides is 1. The van der Waals surface area contributed by atoms with E-state index >= 15 is 0 Å². The molecule has 25 heavy (non-hydrogen) atoms. The van der Waals surface area contributed by atoms with Crippen molar-refractivity contribution in [1.82, 2.24) is 10.2 Å². The molecular weight excluding hydrogens is 319 g/mol. The topological polar surface area (TPSA) is 41.6 Å². The first kappa shape index (κ1) is 18.3. The van der Waals surface area contributed by atoms with Crippen molar-refractivity contribution < 1.29 is 13.9 Å². The summed E-state index contributed by atoms with van der Waals surface area (Å²) in [6.07, 6.45) is 3.73. The summed E-state index contributed by atoms with van der Waals surface area (Å²) in [4.78, 5) is 15.5. The van der Waals surface area contributed by atoms with Crippen LogP contribution in [0.3, 0.4) is 0 Å². The summed E-state index contributed by atoms with van der Waals surface area (Å²) in [6.45, 7) is 7.10. The van der Waals surface area contributed by atoms with E-state index in [4.69, 9.17) is 4.74 Å². The van der Waals surface area contributed by atoms with Crippen molar-refractivity contribution in [2.24, 2.45) is 5.92 Å². The maximum Gasteiger partial charge on any atom is 0.230 e. The Morgan fingerprint density at radius 1 is 1.40 bits per heavy atom. The maximum atomic E-state index is 13.7. The van der Waals surface area contributed by atoms with Crippen molar-refractivity contribution in [3.63, 3.8) is 0 Å². The molecule has 1 N–H and O–H groups in total. The molecular formula is C20H29FN2O2. The second kappa shape index (κ2) is 8.28. The molecule has 1 amide bonds. The van der Waals surface area contributed by atoms with Gasteiger partial charge in [0.2, 0.25) is 5.91 Å². The monoisotopic (exact) mass is 348 g/mol. The Morgan fingerprint density at radius 2 is 2.20 bits per heavy atom. The number of nitrogens with one attached hydrogen (secondary N) is 1. The van der Waals surface area contributed by atoms with Gasteiger partial charge in [0.15, 0.2) is 0 Å². The molecule has 2 fully saturated rings. The third kappa shape index (κ3) is 4.39. The second-order valence-electron chi connectivity index (χ2n) is 7.51. The number of rotatable bonds is 5. The molecule has 138 valence electrons. The summed E-state index contributed by atoms with van der Waals surface area (Å²) >= 11 is 0. The minimum absolute atomic E-state index is 0.00598. The number of piperidine rings is 1. The van der Waals surface area contributed by atoms with E-state index in [1.54, 1.807) is 6.07 Å². The smallest absolute Gasteiger partial charge is 0.230 e. The van der Waals surface area contributed by atoms with Crippen molar-refractivity contribution in [1.29, 1.82) is 0 Å². The van der Waals surface area contributed by atoms with Crippen LogP contribution in [0, 0.1) is 11.7 Å². The molecule has 2 heterocycles. The van der Waals surface area contributed by atoms with Crippen LogP contribution in [0.25, 0.3) is 0 Å². The van der Waals surface area contributed by atoms with Gasteiger partial charge in [-0.25, -0.2) is 4.39 Å². The molecule has 0 bridgehead atoms. The lowest BCUT2D eigenvalue weighted by Gasteiger charge is -2.37. The number of halogens is 1. The number of ether oxygens (including phenoxy) is 1. The lowest BCUT2D eigenvalue weighted by atomic mass is 9.73. The van der Waals surface area contributed by atoms with Gasteiger partial charge in [-0.1, -0.05) is 19.1 Å². The minimum atomic E-state index is -0.671. The number of hydrogen-bond donors (Lipinski definition) is 1. The van der Waals surface area contributed by atoms with Gasteiger partial charge in [0.05, 0.1) is 5.41 Å². The van der Waals surface area contributed by atoms with Gasteiger partial charge in [0.1, 0.15) is 5.82 Å². The van der Waals surface area contributed by atoms with Crippen LogP contribution in [0.2, 0.25) is 0 Å². The van der Waals surface area contributed by atoms with E-state index in [2.05, 4.69) is 17.1 Å². The lowest BCUT2D eigenvalue weighted by molar-refractivity contribution is -0.130. The molecule has 0 aliphatic carbocycles. The Labute approximate surface area is 149 Å². The highest BCUT2D eigenvalue weighted by atomic mass is 19.1. The normalized spacial score (nSPS) is 24.0. The Hall–Kier alpha value is -1.46. The molecule has 2 aliphatic heterocycles. The van der Waals surface area contributed by atoms with Crippen LogP contribution in [0.4, 0.5) is 4.39 Å². The van der Waals surface area contributed by atoms with Crippen LogP contribution >= 0.6 is 0 Å². The molecule has 1 aromatic carbocycles. The van der Waals surface area contributed by atoms with Gasteiger partial charge in [-0.15, -0.1) is 0 Å². The van der Waals surface area contributed by atoms with Crippen LogP contribution in [0.15, 0.2) is 24.3 Å². The largest absolute Gasteiger partial charge is 0.381 e. The van der Waals surface area contributed by atoms with Gasteiger partial charge in [-0.05, 0) is 55.8 Å². The summed E-state index contributed by atoms with van der Waals surface area (Å²) in [5, 5.41) is 3.11. The Bertz CT molecular complexity index is 587. The summed E-state index contributed by atoms with van der Waals surface area (Å²) in [7, 11) is 0. The van der Waals surface area contributed by atoms with E-state index in [-0.39, 0.29) is 11.7 Å². The first-order chi connectivity index (χ1) is 12.1. The first-order valence-corrected chi connectivity index (χ1v) is 9.45. The maximum absolute atomic E-state index is 13.7. The molecule has 1 atom stereocenters. The van der Waals surface area contributed by atoms with Crippen LogP contribution < -0.4 is 5.32 Å². The van der Waals surface area contributed by atoms with Gasteiger partial charge in [0.25, 0.3) is 0 Å². The fourth-order valence-corrected chi connectivity index (χ4v) is 4.14. The molecule has 1 aromatic rings. The summed E-state index contributed by atoms with van der Waals surface area (Å²) in [5.41, 5.74) is 0.0927. The summed E-state index contributed by atoms with van der Waals surface area (Å²) in [5.74, 6) is 0.448. The average molecular weight is 348 g/mol. The summed E-state index contributed by atoms with van der Waals surface area (Å²) < 4.78 is 19.2. The molecule has 4 nitrogen and oxygen atoms in total. The zero-order chi connectivity index (χ0) is 17.7. The van der Waals surface area contributed by atoms with E-state index in [0.717, 1.165) is 31.1 Å². The predicted octanol–water partition coefficient (Wildman–Crippen LogP) is 2.72. The fraction of sp³-hybridized carbons (Fsp3) is 0.650. The molecule has 0 aromatic heterocycles. The van der Waals surface area contributed by atoms with Gasteiger partial charge in [-0.2, -0.15) is 0 Å². The third-order valence-corrected chi connectivity index (χ3v) is 5.61. The molecule has 3 rings (SSSR count). The quantitative estimate of drug-likeness (QED) is 0.890. The molecule has 0 radical (unpaired) electrons. The lowest BCUT2D eigenvalue weighted by Crippen LogP contribution is -2.50. The van der Waals surface area contributed by atoms with Crippen LogP contribution in [0.5, 0.6) is 0 Å². The number of nitrogens with zero attached hydrogens (tertiary/aromatic N) is 1. The Balaban J connectivity index is 1.63. The number of hydrogen-bond acceptors (Lipinski definition) is 3. The van der Waals surface area contributed by atoms with E-state index in [0.29, 0.717) is 32.6 Å². The number of carbonyl (C=O) groups excluding carboxylic acids is 1. The predicted molar refractivity (Wildman–Crippen MR) is 96.0 cm³/mol. The van der Waals surface area contributed by atoms with Gasteiger partial charge >= 0.3 is 0 Å². The Kier molecular flexibility index (Phi) is 6.07.